The lowest BCUT2D eigenvalue weighted by atomic mass is 10.2. The Hall–Kier alpha value is -2.00. The van der Waals surface area contributed by atoms with Crippen LogP contribution in [0.2, 0.25) is 5.02 Å². The zero-order valence-corrected chi connectivity index (χ0v) is 10.4. The zero-order valence-electron chi connectivity index (χ0n) is 9.60. The van der Waals surface area contributed by atoms with Crippen molar-refractivity contribution in [3.8, 4) is 5.75 Å². The minimum Gasteiger partial charge on any atom is -0.489 e. The molecule has 0 aliphatic heterocycles. The van der Waals surface area contributed by atoms with Crippen LogP contribution in [0.5, 0.6) is 5.75 Å². The number of carbonyl (C=O) groups is 1. The lowest BCUT2D eigenvalue weighted by molar-refractivity contribution is 0.100. The number of rotatable bonds is 4. The van der Waals surface area contributed by atoms with Gasteiger partial charge in [-0.15, -0.1) is 0 Å². The standard InChI is InChI=1S/C14H12ClNO2/c15-13-4-2-1-3-11(13)9-18-12-7-5-10(6-8-12)14(16)17/h1-8H,9H2,(H2,16,17). The Labute approximate surface area is 110 Å². The maximum absolute atomic E-state index is 10.9. The smallest absolute Gasteiger partial charge is 0.248 e. The predicted octanol–water partition coefficient (Wildman–Crippen LogP) is 3.02. The van der Waals surface area contributed by atoms with Gasteiger partial charge >= 0.3 is 0 Å². The van der Waals surface area contributed by atoms with Crippen molar-refractivity contribution in [3.05, 3.63) is 64.7 Å². The summed E-state index contributed by atoms with van der Waals surface area (Å²) < 4.78 is 5.57. The molecule has 0 bridgehead atoms. The minimum atomic E-state index is -0.451. The molecule has 0 heterocycles. The van der Waals surface area contributed by atoms with Crippen molar-refractivity contribution in [1.29, 1.82) is 0 Å². The molecule has 2 rings (SSSR count). The molecule has 2 aromatic rings. The molecule has 0 saturated heterocycles. The van der Waals surface area contributed by atoms with Crippen molar-refractivity contribution in [3.63, 3.8) is 0 Å². The van der Waals surface area contributed by atoms with Crippen LogP contribution in [-0.4, -0.2) is 5.91 Å². The van der Waals surface area contributed by atoms with Gasteiger partial charge in [0, 0.05) is 16.1 Å². The average molecular weight is 262 g/mol. The lowest BCUT2D eigenvalue weighted by Crippen LogP contribution is -2.10. The quantitative estimate of drug-likeness (QED) is 0.920. The maximum Gasteiger partial charge on any atom is 0.248 e. The Morgan fingerprint density at radius 2 is 1.78 bits per heavy atom. The summed E-state index contributed by atoms with van der Waals surface area (Å²) in [7, 11) is 0. The van der Waals surface area contributed by atoms with E-state index in [0.717, 1.165) is 5.56 Å². The van der Waals surface area contributed by atoms with Crippen LogP contribution in [0.4, 0.5) is 0 Å². The fourth-order valence-electron chi connectivity index (χ4n) is 1.49. The van der Waals surface area contributed by atoms with Gasteiger partial charge in [0.25, 0.3) is 0 Å². The van der Waals surface area contributed by atoms with Crippen molar-refractivity contribution in [2.24, 2.45) is 5.73 Å². The Kier molecular flexibility index (Phi) is 3.85. The summed E-state index contributed by atoms with van der Waals surface area (Å²) in [6, 6.07) is 14.2. The fraction of sp³-hybridized carbons (Fsp3) is 0.0714. The second-order valence-electron chi connectivity index (χ2n) is 3.77. The second kappa shape index (κ2) is 5.56. The number of ether oxygens (including phenoxy) is 1. The number of hydrogen-bond donors (Lipinski definition) is 1. The summed E-state index contributed by atoms with van der Waals surface area (Å²) in [6.07, 6.45) is 0. The number of hydrogen-bond acceptors (Lipinski definition) is 2. The minimum absolute atomic E-state index is 0.385. The first-order valence-corrected chi connectivity index (χ1v) is 5.80. The number of amides is 1. The first kappa shape index (κ1) is 12.5. The van der Waals surface area contributed by atoms with E-state index in [1.807, 2.05) is 24.3 Å². The number of halogens is 1. The second-order valence-corrected chi connectivity index (χ2v) is 4.18. The number of primary amides is 1. The van der Waals surface area contributed by atoms with Gasteiger partial charge in [-0.2, -0.15) is 0 Å². The summed E-state index contributed by atoms with van der Waals surface area (Å²) >= 11 is 6.02. The molecule has 4 heteroatoms. The highest BCUT2D eigenvalue weighted by atomic mass is 35.5. The summed E-state index contributed by atoms with van der Waals surface area (Å²) in [6.45, 7) is 0.385. The summed E-state index contributed by atoms with van der Waals surface area (Å²) in [5, 5.41) is 0.672. The molecule has 0 fully saturated rings. The highest BCUT2D eigenvalue weighted by Gasteiger charge is 2.02. The van der Waals surface area contributed by atoms with E-state index in [1.54, 1.807) is 24.3 Å². The Balaban J connectivity index is 2.02. The zero-order chi connectivity index (χ0) is 13.0. The van der Waals surface area contributed by atoms with Gasteiger partial charge < -0.3 is 10.5 Å². The first-order valence-electron chi connectivity index (χ1n) is 5.43. The van der Waals surface area contributed by atoms with Crippen LogP contribution in [-0.2, 0) is 6.61 Å². The van der Waals surface area contributed by atoms with Crippen molar-refractivity contribution in [1.82, 2.24) is 0 Å². The van der Waals surface area contributed by atoms with Crippen molar-refractivity contribution >= 4 is 17.5 Å². The highest BCUT2D eigenvalue weighted by Crippen LogP contribution is 2.18. The van der Waals surface area contributed by atoms with E-state index in [9.17, 15) is 4.79 Å². The third kappa shape index (κ3) is 3.02. The van der Waals surface area contributed by atoms with Crippen molar-refractivity contribution in [2.75, 3.05) is 0 Å². The molecule has 92 valence electrons. The molecule has 0 unspecified atom stereocenters. The predicted molar refractivity (Wildman–Crippen MR) is 70.7 cm³/mol. The van der Waals surface area contributed by atoms with E-state index in [-0.39, 0.29) is 0 Å². The van der Waals surface area contributed by atoms with E-state index in [0.29, 0.717) is 22.9 Å². The fourth-order valence-corrected chi connectivity index (χ4v) is 1.68. The summed E-state index contributed by atoms with van der Waals surface area (Å²) in [5.74, 6) is 0.215. The molecule has 0 atom stereocenters. The van der Waals surface area contributed by atoms with Gasteiger partial charge in [-0.25, -0.2) is 0 Å². The summed E-state index contributed by atoms with van der Waals surface area (Å²) in [4.78, 5) is 10.9. The molecular weight excluding hydrogens is 250 g/mol. The molecule has 2 aromatic carbocycles. The molecule has 0 aliphatic rings. The van der Waals surface area contributed by atoms with Crippen LogP contribution in [0.15, 0.2) is 48.5 Å². The van der Waals surface area contributed by atoms with Crippen molar-refractivity contribution in [2.45, 2.75) is 6.61 Å². The molecule has 1 amide bonds. The van der Waals surface area contributed by atoms with Gasteiger partial charge in [0.1, 0.15) is 12.4 Å². The van der Waals surface area contributed by atoms with E-state index >= 15 is 0 Å². The van der Waals surface area contributed by atoms with Crippen LogP contribution in [0.3, 0.4) is 0 Å². The number of benzene rings is 2. The van der Waals surface area contributed by atoms with E-state index in [1.165, 1.54) is 0 Å². The van der Waals surface area contributed by atoms with Gasteiger partial charge in [0.2, 0.25) is 5.91 Å². The molecule has 0 saturated carbocycles. The Bertz CT molecular complexity index is 552. The van der Waals surface area contributed by atoms with E-state index in [4.69, 9.17) is 22.1 Å². The average Bonchev–Trinajstić information content (AvgIpc) is 2.38. The first-order chi connectivity index (χ1) is 8.66. The third-order valence-corrected chi connectivity index (χ3v) is 2.86. The molecule has 2 N–H and O–H groups in total. The van der Waals surface area contributed by atoms with E-state index in [2.05, 4.69) is 0 Å². The molecular formula is C14H12ClNO2. The van der Waals surface area contributed by atoms with Gasteiger partial charge in [0.05, 0.1) is 0 Å². The molecule has 3 nitrogen and oxygen atoms in total. The number of carbonyl (C=O) groups excluding carboxylic acids is 1. The van der Waals surface area contributed by atoms with Gasteiger partial charge in [-0.3, -0.25) is 4.79 Å². The van der Waals surface area contributed by atoms with Gasteiger partial charge in [-0.05, 0) is 30.3 Å². The van der Waals surface area contributed by atoms with Crippen LogP contribution >= 0.6 is 11.6 Å². The number of nitrogens with two attached hydrogens (primary N) is 1. The molecule has 0 aromatic heterocycles. The molecule has 0 aliphatic carbocycles. The summed E-state index contributed by atoms with van der Waals surface area (Å²) in [5.41, 5.74) is 6.52. The van der Waals surface area contributed by atoms with Gasteiger partial charge in [-0.1, -0.05) is 29.8 Å². The normalized spacial score (nSPS) is 10.1. The Morgan fingerprint density at radius 1 is 1.11 bits per heavy atom. The third-order valence-electron chi connectivity index (χ3n) is 2.49. The Morgan fingerprint density at radius 3 is 2.39 bits per heavy atom. The van der Waals surface area contributed by atoms with Crippen molar-refractivity contribution < 1.29 is 9.53 Å². The van der Waals surface area contributed by atoms with Crippen LogP contribution in [0.1, 0.15) is 15.9 Å². The van der Waals surface area contributed by atoms with Crippen LogP contribution < -0.4 is 10.5 Å². The SMILES string of the molecule is NC(=O)c1ccc(OCc2ccccc2Cl)cc1. The maximum atomic E-state index is 10.9. The topological polar surface area (TPSA) is 52.3 Å². The molecule has 0 spiro atoms. The van der Waals surface area contributed by atoms with Gasteiger partial charge in [0.15, 0.2) is 0 Å². The largest absolute Gasteiger partial charge is 0.489 e. The van der Waals surface area contributed by atoms with E-state index < -0.39 is 5.91 Å². The highest BCUT2D eigenvalue weighted by molar-refractivity contribution is 6.31. The molecule has 0 radical (unpaired) electrons. The van der Waals surface area contributed by atoms with Crippen LogP contribution in [0.25, 0.3) is 0 Å². The lowest BCUT2D eigenvalue weighted by Gasteiger charge is -2.07. The molecule has 18 heavy (non-hydrogen) atoms. The van der Waals surface area contributed by atoms with Crippen LogP contribution in [0, 0.1) is 0 Å². The monoisotopic (exact) mass is 261 g/mol.